The van der Waals surface area contributed by atoms with Crippen LogP contribution in [0.15, 0.2) is 37.2 Å². The molecule has 29 heavy (non-hydrogen) atoms. The smallest absolute Gasteiger partial charge is 0.252 e. The van der Waals surface area contributed by atoms with E-state index >= 15 is 0 Å². The maximum Gasteiger partial charge on any atom is 0.252 e. The van der Waals surface area contributed by atoms with E-state index in [2.05, 4.69) is 46.5 Å². The number of carbonyl (C=O) groups excluding carboxylic acids is 1. The minimum absolute atomic E-state index is 0.00456. The summed E-state index contributed by atoms with van der Waals surface area (Å²) in [6, 6.07) is 2.15. The lowest BCUT2D eigenvalue weighted by atomic mass is 9.74. The van der Waals surface area contributed by atoms with Crippen molar-refractivity contribution in [2.45, 2.75) is 45.2 Å². The molecule has 8 nitrogen and oxygen atoms in total. The number of nitrogens with one attached hydrogen (secondary N) is 2. The molecule has 1 amide bonds. The van der Waals surface area contributed by atoms with Gasteiger partial charge in [0.25, 0.3) is 5.91 Å². The van der Waals surface area contributed by atoms with Crippen molar-refractivity contribution in [3.05, 3.63) is 42.7 Å². The summed E-state index contributed by atoms with van der Waals surface area (Å²) >= 11 is 0. The number of nitrogens with zero attached hydrogens (tertiary/aromatic N) is 4. The van der Waals surface area contributed by atoms with E-state index in [1.165, 1.54) is 12.5 Å². The number of amides is 1. The Morgan fingerprint density at radius 3 is 2.55 bits per heavy atom. The van der Waals surface area contributed by atoms with Crippen LogP contribution < -0.4 is 16.4 Å². The van der Waals surface area contributed by atoms with Crippen LogP contribution in [0.4, 0.5) is 5.69 Å². The highest BCUT2D eigenvalue weighted by molar-refractivity contribution is 6.02. The molecule has 8 heteroatoms. The molecule has 4 N–H and O–H groups in total. The van der Waals surface area contributed by atoms with Crippen molar-refractivity contribution in [1.82, 2.24) is 24.9 Å². The summed E-state index contributed by atoms with van der Waals surface area (Å²) in [5, 5.41) is 11.5. The zero-order valence-electron chi connectivity index (χ0n) is 17.2. The molecule has 3 aromatic rings. The molecular formula is C21H27N7O. The molecule has 0 radical (unpaired) electrons. The molecule has 1 fully saturated rings. The lowest BCUT2D eigenvalue weighted by Gasteiger charge is -2.42. The maximum absolute atomic E-state index is 12.2. The molecule has 152 valence electrons. The Kier molecular flexibility index (Phi) is 4.53. The predicted octanol–water partition coefficient (Wildman–Crippen LogP) is 2.47. The number of anilines is 1. The number of primary amides is 1. The van der Waals surface area contributed by atoms with Crippen LogP contribution >= 0.6 is 0 Å². The monoisotopic (exact) mass is 393 g/mol. The Hall–Kier alpha value is -3.00. The largest absolute Gasteiger partial charge is 0.379 e. The third kappa shape index (κ3) is 3.04. The van der Waals surface area contributed by atoms with Gasteiger partial charge >= 0.3 is 0 Å². The van der Waals surface area contributed by atoms with Gasteiger partial charge in [-0.15, -0.1) is 0 Å². The second-order valence-electron chi connectivity index (χ2n) is 8.52. The number of hydrogen-bond donors (Lipinski definition) is 3. The highest BCUT2D eigenvalue weighted by Crippen LogP contribution is 2.47. The van der Waals surface area contributed by atoms with E-state index in [0.29, 0.717) is 11.3 Å². The van der Waals surface area contributed by atoms with Crippen molar-refractivity contribution in [2.75, 3.05) is 12.4 Å². The summed E-state index contributed by atoms with van der Waals surface area (Å²) in [7, 11) is 2.00. The first-order valence-electron chi connectivity index (χ1n) is 9.79. The van der Waals surface area contributed by atoms with Gasteiger partial charge in [0.05, 0.1) is 23.0 Å². The molecule has 3 heterocycles. The van der Waals surface area contributed by atoms with Crippen molar-refractivity contribution in [3.8, 4) is 11.1 Å². The Balaban J connectivity index is 1.81. The van der Waals surface area contributed by atoms with Gasteiger partial charge in [-0.25, -0.2) is 14.5 Å². The number of rotatable bonds is 5. The summed E-state index contributed by atoms with van der Waals surface area (Å²) < 4.78 is 1.76. The van der Waals surface area contributed by atoms with Crippen LogP contribution in [0.25, 0.3) is 16.6 Å². The summed E-state index contributed by atoms with van der Waals surface area (Å²) in [5.41, 5.74) is 9.35. The molecular weight excluding hydrogens is 366 g/mol. The van der Waals surface area contributed by atoms with Gasteiger partial charge in [0.15, 0.2) is 0 Å². The van der Waals surface area contributed by atoms with Crippen LogP contribution in [0.2, 0.25) is 0 Å². The molecule has 0 saturated heterocycles. The van der Waals surface area contributed by atoms with Gasteiger partial charge in [-0.1, -0.05) is 13.8 Å². The summed E-state index contributed by atoms with van der Waals surface area (Å²) in [6.07, 6.45) is 10.5. The number of fused-ring (bicyclic) bond motifs is 1. The molecule has 1 aliphatic rings. The Morgan fingerprint density at radius 2 is 1.93 bits per heavy atom. The number of aromatic nitrogens is 4. The van der Waals surface area contributed by atoms with Gasteiger partial charge in [0.1, 0.15) is 6.33 Å². The number of nitrogens with two attached hydrogens (primary N) is 1. The van der Waals surface area contributed by atoms with Gasteiger partial charge in [0.2, 0.25) is 0 Å². The minimum Gasteiger partial charge on any atom is -0.379 e. The number of carbonyl (C=O) groups is 1. The summed E-state index contributed by atoms with van der Waals surface area (Å²) in [6.45, 7) is 6.75. The zero-order valence-corrected chi connectivity index (χ0v) is 17.2. The van der Waals surface area contributed by atoms with E-state index in [4.69, 9.17) is 5.73 Å². The van der Waals surface area contributed by atoms with E-state index in [-0.39, 0.29) is 17.0 Å². The maximum atomic E-state index is 12.2. The fourth-order valence-corrected chi connectivity index (χ4v) is 4.38. The second-order valence-corrected chi connectivity index (χ2v) is 8.52. The second kappa shape index (κ2) is 6.81. The molecule has 1 aliphatic carbocycles. The molecule has 4 rings (SSSR count). The van der Waals surface area contributed by atoms with Crippen molar-refractivity contribution in [2.24, 2.45) is 11.1 Å². The average Bonchev–Trinajstić information content (AvgIpc) is 3.24. The molecule has 1 saturated carbocycles. The van der Waals surface area contributed by atoms with E-state index < -0.39 is 5.91 Å². The van der Waals surface area contributed by atoms with Gasteiger partial charge < -0.3 is 16.4 Å². The molecule has 0 bridgehead atoms. The first kappa shape index (κ1) is 19.3. The van der Waals surface area contributed by atoms with E-state index in [1.54, 1.807) is 16.9 Å². The first-order chi connectivity index (χ1) is 13.8. The summed E-state index contributed by atoms with van der Waals surface area (Å²) in [4.78, 5) is 20.3. The fraction of sp³-hybridized carbons (Fsp3) is 0.429. The normalized spacial score (nSPS) is 23.4. The van der Waals surface area contributed by atoms with Crippen molar-refractivity contribution >= 4 is 17.1 Å². The van der Waals surface area contributed by atoms with E-state index in [0.717, 1.165) is 29.5 Å². The molecule has 2 atom stereocenters. The van der Waals surface area contributed by atoms with Crippen molar-refractivity contribution in [1.29, 1.82) is 0 Å². The minimum atomic E-state index is -0.500. The first-order valence-corrected chi connectivity index (χ1v) is 9.79. The molecule has 0 aromatic carbocycles. The van der Waals surface area contributed by atoms with Gasteiger partial charge in [-0.05, 0) is 32.9 Å². The van der Waals surface area contributed by atoms with Gasteiger partial charge in [-0.2, -0.15) is 5.10 Å². The van der Waals surface area contributed by atoms with Gasteiger partial charge in [-0.3, -0.25) is 4.79 Å². The Morgan fingerprint density at radius 1 is 1.21 bits per heavy atom. The average molecular weight is 393 g/mol. The van der Waals surface area contributed by atoms with Crippen LogP contribution in [0.5, 0.6) is 0 Å². The van der Waals surface area contributed by atoms with Crippen LogP contribution in [0.3, 0.4) is 0 Å². The molecule has 0 spiro atoms. The van der Waals surface area contributed by atoms with E-state index in [9.17, 15) is 4.79 Å². The topological polar surface area (TPSA) is 110 Å². The van der Waals surface area contributed by atoms with Crippen LogP contribution in [-0.2, 0) is 0 Å². The third-order valence-corrected chi connectivity index (χ3v) is 6.89. The highest BCUT2D eigenvalue weighted by Gasteiger charge is 2.51. The quantitative estimate of drug-likeness (QED) is 0.614. The Labute approximate surface area is 169 Å². The fourth-order valence-electron chi connectivity index (χ4n) is 4.38. The summed E-state index contributed by atoms with van der Waals surface area (Å²) in [5.74, 6) is -0.500. The lowest BCUT2D eigenvalue weighted by molar-refractivity contribution is 0.100. The lowest BCUT2D eigenvalue weighted by Crippen LogP contribution is -2.53. The van der Waals surface area contributed by atoms with E-state index in [1.807, 2.05) is 19.3 Å². The molecule has 0 aliphatic heterocycles. The highest BCUT2D eigenvalue weighted by atomic mass is 16.1. The predicted molar refractivity (Wildman–Crippen MR) is 113 cm³/mol. The van der Waals surface area contributed by atoms with Crippen LogP contribution in [-0.4, -0.2) is 44.1 Å². The molecule has 3 aromatic heterocycles. The van der Waals surface area contributed by atoms with Crippen LogP contribution in [0.1, 0.15) is 44.0 Å². The van der Waals surface area contributed by atoms with Crippen molar-refractivity contribution < 1.29 is 4.79 Å². The SMILES string of the molecule is CNC1(C)CC[C@@H](Nc2c(C(N)=O)cnn3cc(-c4cncnc4)cc23)C1(C)C. The third-order valence-electron chi connectivity index (χ3n) is 6.89. The van der Waals surface area contributed by atoms with Crippen LogP contribution in [0, 0.1) is 5.41 Å². The van der Waals surface area contributed by atoms with Crippen molar-refractivity contribution in [3.63, 3.8) is 0 Å². The van der Waals surface area contributed by atoms with Gasteiger partial charge in [0, 0.05) is 46.7 Å². The zero-order chi connectivity index (χ0) is 20.8. The standard InChI is InChI=1S/C21H27N7O/c1-20(2)17(5-6-21(20,3)23-4)27-18-15(19(22)29)10-26-28-11-13(7-16(18)28)14-8-24-12-25-9-14/h7-12,17,23,27H,5-6H2,1-4H3,(H2,22,29)/t17-,21?/m1/s1. The number of hydrogen-bond acceptors (Lipinski definition) is 6. The Bertz CT molecular complexity index is 1060. The molecule has 1 unspecified atom stereocenters.